The Morgan fingerprint density at radius 2 is 1.91 bits per heavy atom. The predicted molar refractivity (Wildman–Crippen MR) is 138 cm³/mol. The van der Waals surface area contributed by atoms with E-state index in [1.165, 1.54) is 0 Å². The van der Waals surface area contributed by atoms with Crippen LogP contribution in [0.15, 0.2) is 60.8 Å². The number of hydrogen-bond acceptors (Lipinski definition) is 5. The van der Waals surface area contributed by atoms with Crippen molar-refractivity contribution >= 4 is 33.9 Å². The quantitative estimate of drug-likeness (QED) is 0.434. The second kappa shape index (κ2) is 8.57. The molecule has 2 aliphatic rings. The Kier molecular flexibility index (Phi) is 5.37. The molecule has 0 unspecified atom stereocenters. The van der Waals surface area contributed by atoms with Crippen LogP contribution < -0.4 is 5.32 Å². The van der Waals surface area contributed by atoms with Gasteiger partial charge in [-0.2, -0.15) is 0 Å². The first-order valence-electron chi connectivity index (χ1n) is 12.0. The smallest absolute Gasteiger partial charge is 0.274 e. The Morgan fingerprint density at radius 3 is 2.77 bits per heavy atom. The van der Waals surface area contributed by atoms with Gasteiger partial charge in [0.2, 0.25) is 0 Å². The molecule has 1 aliphatic heterocycles. The van der Waals surface area contributed by atoms with Gasteiger partial charge in [-0.05, 0) is 49.6 Å². The van der Waals surface area contributed by atoms with Gasteiger partial charge in [0.05, 0.1) is 15.9 Å². The number of piperidine rings is 1. The number of thiazole rings is 1. The number of nitrogens with zero attached hydrogens (tertiary/aromatic N) is 3. The van der Waals surface area contributed by atoms with E-state index in [0.29, 0.717) is 23.9 Å². The van der Waals surface area contributed by atoms with Gasteiger partial charge < -0.3 is 10.2 Å². The van der Waals surface area contributed by atoms with E-state index in [1.54, 1.807) is 17.5 Å². The molecule has 7 heteroatoms. The van der Waals surface area contributed by atoms with Crippen LogP contribution in [0.5, 0.6) is 0 Å². The number of hydrogen-bond donors (Lipinski definition) is 1. The summed E-state index contributed by atoms with van der Waals surface area (Å²) in [4.78, 5) is 38.8. The zero-order valence-corrected chi connectivity index (χ0v) is 20.5. The molecule has 6 nitrogen and oxygen atoms in total. The molecule has 1 aliphatic carbocycles. The lowest BCUT2D eigenvalue weighted by Gasteiger charge is -2.27. The number of carbonyl (C=O) groups is 2. The highest BCUT2D eigenvalue weighted by Gasteiger charge is 2.54. The summed E-state index contributed by atoms with van der Waals surface area (Å²) in [6.45, 7) is 4.41. The summed E-state index contributed by atoms with van der Waals surface area (Å²) in [7, 11) is 0. The molecule has 35 heavy (non-hydrogen) atoms. The van der Waals surface area contributed by atoms with Crippen molar-refractivity contribution in [3.63, 3.8) is 0 Å². The Morgan fingerprint density at radius 1 is 1.06 bits per heavy atom. The van der Waals surface area contributed by atoms with E-state index >= 15 is 0 Å². The molecule has 1 saturated carbocycles. The predicted octanol–water partition coefficient (Wildman–Crippen LogP) is 5.01. The monoisotopic (exact) mass is 482 g/mol. The fourth-order valence-electron chi connectivity index (χ4n) is 5.33. The number of amides is 2. The lowest BCUT2D eigenvalue weighted by molar-refractivity contribution is 0.0684. The van der Waals surface area contributed by atoms with Crippen LogP contribution in [0.3, 0.4) is 0 Å². The van der Waals surface area contributed by atoms with E-state index in [9.17, 15) is 9.59 Å². The minimum atomic E-state index is -0.209. The maximum Gasteiger partial charge on any atom is 0.274 e. The number of aryl methyl sites for hydroxylation is 2. The van der Waals surface area contributed by atoms with Gasteiger partial charge >= 0.3 is 0 Å². The molecular formula is C28H26N4O2S. The first-order chi connectivity index (χ1) is 17.0. The number of carbonyl (C=O) groups excluding carboxylic acids is 2. The minimum Gasteiger partial charge on any atom is -0.349 e. The van der Waals surface area contributed by atoms with Crippen molar-refractivity contribution in [3.8, 4) is 10.4 Å². The van der Waals surface area contributed by atoms with Crippen molar-refractivity contribution in [2.45, 2.75) is 38.8 Å². The zero-order chi connectivity index (χ0) is 24.1. The van der Waals surface area contributed by atoms with Crippen molar-refractivity contribution in [2.75, 3.05) is 6.54 Å². The molecule has 176 valence electrons. The lowest BCUT2D eigenvalue weighted by Crippen LogP contribution is -2.45. The van der Waals surface area contributed by atoms with Crippen molar-refractivity contribution in [1.82, 2.24) is 20.2 Å². The first-order valence-corrected chi connectivity index (χ1v) is 12.8. The van der Waals surface area contributed by atoms with Crippen LogP contribution in [0.1, 0.15) is 44.4 Å². The van der Waals surface area contributed by atoms with Crippen LogP contribution in [0.25, 0.3) is 21.2 Å². The van der Waals surface area contributed by atoms with Crippen LogP contribution in [0.2, 0.25) is 0 Å². The average molecular weight is 483 g/mol. The van der Waals surface area contributed by atoms with E-state index in [-0.39, 0.29) is 23.9 Å². The zero-order valence-electron chi connectivity index (χ0n) is 19.7. The number of nitrogens with one attached hydrogen (secondary N) is 1. The van der Waals surface area contributed by atoms with Crippen LogP contribution in [-0.4, -0.2) is 45.3 Å². The molecule has 1 N–H and O–H groups in total. The fraction of sp³-hybridized carbons (Fsp3) is 0.286. The van der Waals surface area contributed by atoms with Crippen molar-refractivity contribution in [2.24, 2.45) is 5.92 Å². The first kappa shape index (κ1) is 21.9. The van der Waals surface area contributed by atoms with Gasteiger partial charge in [-0.15, -0.1) is 11.3 Å². The maximum absolute atomic E-state index is 13.8. The molecule has 3 atom stereocenters. The molecule has 3 heterocycles. The number of fused-ring (bicyclic) bond motifs is 2. The Hall–Kier alpha value is -3.58. The number of rotatable bonds is 5. The van der Waals surface area contributed by atoms with Crippen LogP contribution in [0, 0.1) is 19.8 Å². The second-order valence-corrected chi connectivity index (χ2v) is 10.7. The van der Waals surface area contributed by atoms with E-state index in [4.69, 9.17) is 0 Å². The SMILES string of the molecule is Cc1cccc(-c2sc(C)nc2C(=O)N2[C@H](CNC(=O)c3nccc4ccccc34)C[C@@H]3C[C@@H]32)c1. The molecule has 0 bridgehead atoms. The molecule has 0 radical (unpaired) electrons. The molecule has 0 spiro atoms. The molecule has 6 rings (SSSR count). The third kappa shape index (κ3) is 4.00. The van der Waals surface area contributed by atoms with Gasteiger partial charge in [0.25, 0.3) is 11.8 Å². The number of benzene rings is 2. The maximum atomic E-state index is 13.8. The largest absolute Gasteiger partial charge is 0.349 e. The van der Waals surface area contributed by atoms with E-state index < -0.39 is 0 Å². The number of likely N-dealkylation sites (tertiary alicyclic amines) is 1. The molecular weight excluding hydrogens is 456 g/mol. The average Bonchev–Trinajstić information content (AvgIpc) is 3.35. The third-order valence-corrected chi connectivity index (χ3v) is 8.07. The van der Waals surface area contributed by atoms with E-state index in [1.807, 2.05) is 54.3 Å². The van der Waals surface area contributed by atoms with Gasteiger partial charge in [0, 0.05) is 24.2 Å². The molecule has 2 aromatic heterocycles. The normalized spacial score (nSPS) is 20.6. The van der Waals surface area contributed by atoms with Crippen LogP contribution in [0.4, 0.5) is 0 Å². The van der Waals surface area contributed by atoms with Gasteiger partial charge in [-0.3, -0.25) is 14.6 Å². The van der Waals surface area contributed by atoms with Crippen LogP contribution in [-0.2, 0) is 0 Å². The number of pyridine rings is 1. The summed E-state index contributed by atoms with van der Waals surface area (Å²) >= 11 is 1.56. The minimum absolute atomic E-state index is 0.0293. The van der Waals surface area contributed by atoms with Gasteiger partial charge in [0.15, 0.2) is 0 Å². The van der Waals surface area contributed by atoms with Gasteiger partial charge in [-0.1, -0.05) is 54.1 Å². The Labute approximate surface area is 208 Å². The third-order valence-electron chi connectivity index (χ3n) is 7.05. The van der Waals surface area contributed by atoms with Crippen molar-refractivity contribution < 1.29 is 9.59 Å². The topological polar surface area (TPSA) is 75.2 Å². The highest BCUT2D eigenvalue weighted by Crippen LogP contribution is 2.48. The molecule has 2 amide bonds. The summed E-state index contributed by atoms with van der Waals surface area (Å²) in [6.07, 6.45) is 3.60. The molecule has 2 aromatic carbocycles. The van der Waals surface area contributed by atoms with Crippen molar-refractivity contribution in [3.05, 3.63) is 82.8 Å². The second-order valence-electron chi connectivity index (χ2n) is 9.54. The van der Waals surface area contributed by atoms with Crippen LogP contribution >= 0.6 is 11.3 Å². The molecule has 1 saturated heterocycles. The summed E-state index contributed by atoms with van der Waals surface area (Å²) in [5.74, 6) is 0.275. The molecule has 2 fully saturated rings. The van der Waals surface area contributed by atoms with E-state index in [2.05, 4.69) is 34.3 Å². The van der Waals surface area contributed by atoms with Gasteiger partial charge in [-0.25, -0.2) is 4.98 Å². The Bertz CT molecular complexity index is 1460. The standard InChI is InChI=1S/C28H26N4O2S/c1-16-6-5-8-19(12-16)26-25(31-17(2)35-26)28(34)32-21(13-20-14-23(20)32)15-30-27(33)24-22-9-4-3-7-18(22)10-11-29-24/h3-12,20-21,23H,13-15H2,1-2H3,(H,30,33)/t20-,21+,23+/m1/s1. The number of aromatic nitrogens is 2. The highest BCUT2D eigenvalue weighted by molar-refractivity contribution is 7.15. The highest BCUT2D eigenvalue weighted by atomic mass is 32.1. The summed E-state index contributed by atoms with van der Waals surface area (Å²) in [5.41, 5.74) is 3.12. The molecule has 4 aromatic rings. The van der Waals surface area contributed by atoms with Crippen molar-refractivity contribution in [1.29, 1.82) is 0 Å². The Balaban J connectivity index is 1.23. The lowest BCUT2D eigenvalue weighted by atomic mass is 10.1. The summed E-state index contributed by atoms with van der Waals surface area (Å²) in [5, 5.41) is 5.74. The summed E-state index contributed by atoms with van der Waals surface area (Å²) in [6, 6.07) is 18.0. The fourth-order valence-corrected chi connectivity index (χ4v) is 6.24. The van der Waals surface area contributed by atoms with E-state index in [0.717, 1.165) is 44.6 Å². The van der Waals surface area contributed by atoms with Gasteiger partial charge in [0.1, 0.15) is 11.4 Å². The summed E-state index contributed by atoms with van der Waals surface area (Å²) < 4.78 is 0.